The molecule has 4 atom stereocenters. The monoisotopic (exact) mass is 496 g/mol. The molecular formula is C25H34F2N2O4S. The Bertz CT molecular complexity index is 992. The van der Waals surface area contributed by atoms with Crippen LogP contribution in [0.4, 0.5) is 8.78 Å². The van der Waals surface area contributed by atoms with Crippen LogP contribution in [0.5, 0.6) is 0 Å². The van der Waals surface area contributed by atoms with Crippen molar-refractivity contribution in [2.45, 2.75) is 83.8 Å². The van der Waals surface area contributed by atoms with E-state index in [1.54, 1.807) is 19.1 Å². The molecule has 2 aliphatic carbocycles. The summed E-state index contributed by atoms with van der Waals surface area (Å²) in [5.74, 6) is -1.14. The summed E-state index contributed by atoms with van der Waals surface area (Å²) in [6.07, 6.45) is 0.575. The van der Waals surface area contributed by atoms with E-state index in [1.807, 2.05) is 40.7 Å². The smallest absolute Gasteiger partial charge is 0.345 e. The lowest BCUT2D eigenvalue weighted by Crippen LogP contribution is -2.64. The van der Waals surface area contributed by atoms with E-state index >= 15 is 0 Å². The lowest BCUT2D eigenvalue weighted by molar-refractivity contribution is -0.210. The molecule has 0 saturated heterocycles. The molecule has 9 heteroatoms. The van der Waals surface area contributed by atoms with Crippen molar-refractivity contribution in [2.75, 3.05) is 6.61 Å². The molecule has 0 aliphatic heterocycles. The summed E-state index contributed by atoms with van der Waals surface area (Å²) in [6, 6.07) is 7.33. The number of esters is 1. The Kier molecular flexibility index (Phi) is 7.57. The van der Waals surface area contributed by atoms with E-state index in [9.17, 15) is 23.0 Å². The van der Waals surface area contributed by atoms with Crippen LogP contribution in [0.25, 0.3) is 0 Å². The highest BCUT2D eigenvalue weighted by molar-refractivity contribution is 7.84. The Labute approximate surface area is 203 Å². The number of nitrogens with zero attached hydrogens (tertiary/aromatic N) is 1. The Morgan fingerprint density at radius 3 is 2.41 bits per heavy atom. The third kappa shape index (κ3) is 4.52. The summed E-state index contributed by atoms with van der Waals surface area (Å²) in [7, 11) is -1.66. The van der Waals surface area contributed by atoms with Gasteiger partial charge in [0.25, 0.3) is 0 Å². The molecule has 0 radical (unpaired) electrons. The Morgan fingerprint density at radius 2 is 1.91 bits per heavy atom. The van der Waals surface area contributed by atoms with Crippen molar-refractivity contribution in [2.24, 2.45) is 17.3 Å². The first kappa shape index (κ1) is 26.7. The van der Waals surface area contributed by atoms with Crippen molar-refractivity contribution in [3.63, 3.8) is 0 Å². The van der Waals surface area contributed by atoms with Gasteiger partial charge in [0.05, 0.1) is 40.1 Å². The van der Waals surface area contributed by atoms with Crippen molar-refractivity contribution in [3.8, 4) is 6.07 Å². The number of nitriles is 1. The zero-order valence-electron chi connectivity index (χ0n) is 20.6. The number of fused-ring (bicyclic) bond motifs is 1. The van der Waals surface area contributed by atoms with E-state index in [1.165, 1.54) is 0 Å². The van der Waals surface area contributed by atoms with Gasteiger partial charge in [-0.1, -0.05) is 19.9 Å². The second-order valence-electron chi connectivity index (χ2n) is 10.6. The van der Waals surface area contributed by atoms with Crippen LogP contribution in [-0.4, -0.2) is 34.2 Å². The number of carbonyl (C=O) groups is 1. The van der Waals surface area contributed by atoms with Crippen LogP contribution in [0.1, 0.15) is 71.1 Å². The van der Waals surface area contributed by atoms with Crippen molar-refractivity contribution in [1.29, 1.82) is 5.26 Å². The normalized spacial score (nSPS) is 31.8. The number of benzene rings is 1. The van der Waals surface area contributed by atoms with Gasteiger partial charge in [0.2, 0.25) is 0 Å². The molecule has 6 nitrogen and oxygen atoms in total. The highest BCUT2D eigenvalue weighted by Crippen LogP contribution is 2.61. The number of hydrogen-bond donors (Lipinski definition) is 1. The maximum absolute atomic E-state index is 13.9. The van der Waals surface area contributed by atoms with Gasteiger partial charge in [0.1, 0.15) is 0 Å². The molecule has 1 spiro atoms. The van der Waals surface area contributed by atoms with Crippen molar-refractivity contribution >= 4 is 17.0 Å². The molecule has 1 aromatic carbocycles. The van der Waals surface area contributed by atoms with E-state index in [-0.39, 0.29) is 18.4 Å². The minimum absolute atomic E-state index is 0.121. The average molecular weight is 497 g/mol. The summed E-state index contributed by atoms with van der Waals surface area (Å²) in [4.78, 5) is 13.9. The van der Waals surface area contributed by atoms with E-state index in [2.05, 4.69) is 10.8 Å². The third-order valence-corrected chi connectivity index (χ3v) is 8.76. The molecule has 0 aromatic heterocycles. The molecule has 0 heterocycles. The van der Waals surface area contributed by atoms with Crippen LogP contribution >= 0.6 is 0 Å². The van der Waals surface area contributed by atoms with Gasteiger partial charge in [0.15, 0.2) is 5.54 Å². The maximum atomic E-state index is 13.9. The molecular weight excluding hydrogens is 462 g/mol. The second kappa shape index (κ2) is 9.63. The predicted molar refractivity (Wildman–Crippen MR) is 125 cm³/mol. The predicted octanol–water partition coefficient (Wildman–Crippen LogP) is 4.58. The number of nitrogens with one attached hydrogen (secondary N) is 1. The maximum Gasteiger partial charge on any atom is 0.345 e. The molecule has 1 fully saturated rings. The number of rotatable bonds is 6. The van der Waals surface area contributed by atoms with Gasteiger partial charge in [0, 0.05) is 5.41 Å². The van der Waals surface area contributed by atoms with E-state index < -0.39 is 45.4 Å². The standard InChI is InChI=1S/C25H34F2N2O4S/c1-7-32-21(30)25(29-34(31)23(4,5)6)19-10-17(14-28)8-9-18(19)13-24(25)11-15(2)20(16(3)12-24)33-22(26)27/h8-10,15-16,20,22,29H,7,11-13H2,1-6H3. The molecule has 1 aromatic rings. The Balaban J connectivity index is 2.24. The van der Waals surface area contributed by atoms with Crippen LogP contribution in [0.15, 0.2) is 18.2 Å². The van der Waals surface area contributed by atoms with Gasteiger partial charge < -0.3 is 9.47 Å². The Hall–Kier alpha value is -1.89. The van der Waals surface area contributed by atoms with E-state index in [4.69, 9.17) is 9.47 Å². The van der Waals surface area contributed by atoms with E-state index in [0.717, 1.165) is 5.56 Å². The SMILES string of the molecule is CCOC(=O)C1(NS(=O)C(C)(C)C)c2cc(C#N)ccc2CC12CC(C)C(OC(F)F)C(C)C2. The highest BCUT2D eigenvalue weighted by atomic mass is 32.2. The van der Waals surface area contributed by atoms with Crippen molar-refractivity contribution in [1.82, 2.24) is 4.72 Å². The summed E-state index contributed by atoms with van der Waals surface area (Å²) < 4.78 is 52.8. The van der Waals surface area contributed by atoms with Crippen LogP contribution in [0.2, 0.25) is 0 Å². The van der Waals surface area contributed by atoms with Crippen LogP contribution in [-0.2, 0) is 37.2 Å². The van der Waals surface area contributed by atoms with E-state index in [0.29, 0.717) is 30.4 Å². The summed E-state index contributed by atoms with van der Waals surface area (Å²) in [5, 5.41) is 9.56. The molecule has 1 saturated carbocycles. The lowest BCUT2D eigenvalue weighted by atomic mass is 9.56. The van der Waals surface area contributed by atoms with Gasteiger partial charge in [-0.25, -0.2) is 13.7 Å². The lowest BCUT2D eigenvalue weighted by Gasteiger charge is -2.52. The second-order valence-corrected chi connectivity index (χ2v) is 12.6. The van der Waals surface area contributed by atoms with Crippen LogP contribution in [0.3, 0.4) is 0 Å². The first-order valence-corrected chi connectivity index (χ1v) is 12.8. The fourth-order valence-electron chi connectivity index (χ4n) is 5.94. The zero-order valence-corrected chi connectivity index (χ0v) is 21.4. The Morgan fingerprint density at radius 1 is 1.29 bits per heavy atom. The highest BCUT2D eigenvalue weighted by Gasteiger charge is 2.66. The minimum atomic E-state index is -2.88. The van der Waals surface area contributed by atoms with Gasteiger partial charge in [-0.3, -0.25) is 0 Å². The average Bonchev–Trinajstić information content (AvgIpc) is 2.98. The number of alkyl halides is 2. The van der Waals surface area contributed by atoms with Gasteiger partial charge in [-0.05, 0) is 82.1 Å². The molecule has 34 heavy (non-hydrogen) atoms. The summed E-state index contributed by atoms with van der Waals surface area (Å²) in [5.41, 5.74) is -0.476. The molecule has 3 rings (SSSR count). The molecule has 188 valence electrons. The van der Waals surface area contributed by atoms with Gasteiger partial charge in [-0.15, -0.1) is 0 Å². The third-order valence-electron chi connectivity index (χ3n) is 7.16. The fourth-order valence-corrected chi connectivity index (χ4v) is 6.94. The first-order valence-electron chi connectivity index (χ1n) is 11.7. The quantitative estimate of drug-likeness (QED) is 0.582. The zero-order chi connectivity index (χ0) is 25.5. The molecule has 1 N–H and O–H groups in total. The van der Waals surface area contributed by atoms with Gasteiger partial charge >= 0.3 is 12.6 Å². The summed E-state index contributed by atoms with van der Waals surface area (Å²) >= 11 is 0. The molecule has 2 aliphatic rings. The minimum Gasteiger partial charge on any atom is -0.464 e. The van der Waals surface area contributed by atoms with Crippen LogP contribution in [0, 0.1) is 28.6 Å². The van der Waals surface area contributed by atoms with Crippen molar-refractivity contribution < 1.29 is 27.3 Å². The van der Waals surface area contributed by atoms with Gasteiger partial charge in [-0.2, -0.15) is 14.0 Å². The topological polar surface area (TPSA) is 88.4 Å². The largest absolute Gasteiger partial charge is 0.464 e. The molecule has 0 bridgehead atoms. The van der Waals surface area contributed by atoms with Crippen molar-refractivity contribution in [3.05, 3.63) is 34.9 Å². The number of carbonyl (C=O) groups excluding carboxylic acids is 1. The first-order chi connectivity index (χ1) is 15.8. The number of halogens is 2. The summed E-state index contributed by atoms with van der Waals surface area (Å²) in [6.45, 7) is 8.07. The fraction of sp³-hybridized carbons (Fsp3) is 0.680. The molecule has 0 amide bonds. The molecule has 4 unspecified atom stereocenters. The number of ether oxygens (including phenoxy) is 2. The van der Waals surface area contributed by atoms with Crippen LogP contribution < -0.4 is 4.72 Å². The number of hydrogen-bond acceptors (Lipinski definition) is 5.